The van der Waals surface area contributed by atoms with E-state index in [1.807, 2.05) is 161 Å². The van der Waals surface area contributed by atoms with E-state index >= 15 is 0 Å². The molecular formula is C106H93B2BrClIN11O7S. The molecule has 0 fully saturated rings. The Morgan fingerprint density at radius 1 is 0.408 bits per heavy atom. The number of H-pyrrole nitrogens is 1. The van der Waals surface area contributed by atoms with Crippen LogP contribution in [0.2, 0.25) is 5.02 Å². The van der Waals surface area contributed by atoms with Crippen LogP contribution in [0.3, 0.4) is 0 Å². The van der Waals surface area contributed by atoms with Crippen LogP contribution in [0.15, 0.2) is 307 Å². The van der Waals surface area contributed by atoms with Gasteiger partial charge in [-0.2, -0.15) is 0 Å². The van der Waals surface area contributed by atoms with Gasteiger partial charge in [0, 0.05) is 88.1 Å². The summed E-state index contributed by atoms with van der Waals surface area (Å²) in [5.41, 5.74) is 25.3. The summed E-state index contributed by atoms with van der Waals surface area (Å²) in [5.74, 6) is 4.50. The van der Waals surface area contributed by atoms with Gasteiger partial charge in [0.05, 0.1) is 85.5 Å². The zero-order chi connectivity index (χ0) is 91.7. The molecule has 22 aromatic rings. The summed E-state index contributed by atoms with van der Waals surface area (Å²) in [7, 11) is 9.71. The van der Waals surface area contributed by atoms with Crippen LogP contribution in [0, 0.1) is 65.9 Å². The molecule has 0 bridgehead atoms. The third kappa shape index (κ3) is 18.9. The van der Waals surface area contributed by atoms with E-state index in [2.05, 4.69) is 282 Å². The van der Waals surface area contributed by atoms with Crippen molar-refractivity contribution >= 4 is 192 Å². The SMILES string of the molecule is COc1ccc2c3ccccc3n3c(-c4c(C)cc(C)cc4C)cnc3c2c1.COc1ccc2c3ccccc3n3c(Br)cnc3c2c1.COc1ccc2c3ccccc3n3ccnc3c2c1.COc1cccc(-c2ncc[nH]2)c1.Cc1cc(C)c(-c2cnc3c4cc(O)ccc4c4ccccc4n23)c(C)c1.Cc1cc(C)c(B(O)O)c(C)c1.Clc1ccccc1I.[B]=NS. The van der Waals surface area contributed by atoms with Crippen molar-refractivity contribution in [2.75, 3.05) is 28.4 Å². The quantitative estimate of drug-likeness (QED) is 0.0417. The van der Waals surface area contributed by atoms with Gasteiger partial charge in [0.1, 0.15) is 61.8 Å². The molecule has 4 N–H and O–H groups in total. The second kappa shape index (κ2) is 40.5. The number of aromatic nitrogens is 10. The topological polar surface area (TPSA) is 208 Å². The number of benzene rings is 13. The number of thiol groups is 1. The number of halogens is 3. The maximum absolute atomic E-state index is 10.1. The van der Waals surface area contributed by atoms with Gasteiger partial charge in [0.15, 0.2) is 0 Å². The first-order valence-corrected chi connectivity index (χ1v) is 44.5. The molecule has 9 heterocycles. The Bertz CT molecular complexity index is 7890. The predicted octanol–water partition coefficient (Wildman–Crippen LogP) is 25.7. The number of aromatic amines is 1. The summed E-state index contributed by atoms with van der Waals surface area (Å²) in [4.78, 5) is 25.8. The molecule has 18 nitrogen and oxygen atoms in total. The van der Waals surface area contributed by atoms with Crippen molar-refractivity contribution in [1.29, 1.82) is 0 Å². The molecule has 0 spiro atoms. The number of para-hydroxylation sites is 4. The van der Waals surface area contributed by atoms with E-state index in [0.29, 0.717) is 5.46 Å². The van der Waals surface area contributed by atoms with E-state index in [4.69, 9.17) is 50.6 Å². The van der Waals surface area contributed by atoms with E-state index in [9.17, 15) is 5.11 Å². The van der Waals surface area contributed by atoms with Gasteiger partial charge < -0.3 is 39.1 Å². The van der Waals surface area contributed by atoms with Crippen LogP contribution in [0.5, 0.6) is 28.7 Å². The number of methoxy groups -OCH3 is 4. The van der Waals surface area contributed by atoms with Crippen LogP contribution in [0.1, 0.15) is 50.1 Å². The number of fused-ring (bicyclic) bond motifs is 24. The number of hydrogen-bond donors (Lipinski definition) is 5. The fourth-order valence-corrected chi connectivity index (χ4v) is 18.5. The Hall–Kier alpha value is -13.4. The van der Waals surface area contributed by atoms with E-state index in [-0.39, 0.29) is 5.75 Å². The van der Waals surface area contributed by atoms with Crippen molar-refractivity contribution in [3.8, 4) is 62.7 Å². The second-order valence-electron chi connectivity index (χ2n) is 31.4. The summed E-state index contributed by atoms with van der Waals surface area (Å²) >= 11 is 14.7. The zero-order valence-electron chi connectivity index (χ0n) is 74.0. The third-order valence-corrected chi connectivity index (χ3v) is 25.0. The zero-order valence-corrected chi connectivity index (χ0v) is 79.4. The summed E-state index contributed by atoms with van der Waals surface area (Å²) in [6.45, 7) is 18.7. The monoisotopic (exact) mass is 1930 g/mol. The average molecular weight is 1930 g/mol. The fraction of sp³-hybridized carbons (Fsp3) is 0.123. The Kier molecular flexibility index (Phi) is 28.5. The van der Waals surface area contributed by atoms with Crippen LogP contribution >= 0.6 is 62.9 Å². The van der Waals surface area contributed by atoms with Gasteiger partial charge >= 0.3 is 31.9 Å². The number of hydrogen-bond acceptors (Lipinski definition) is 14. The molecule has 1 radical (unpaired) electrons. The molecule has 0 saturated carbocycles. The third-order valence-electron chi connectivity index (χ3n) is 22.8. The number of phenols is 1. The summed E-state index contributed by atoms with van der Waals surface area (Å²) in [5, 5.41) is 42.7. The molecule has 130 heavy (non-hydrogen) atoms. The van der Waals surface area contributed by atoms with E-state index < -0.39 is 7.12 Å². The van der Waals surface area contributed by atoms with Crippen LogP contribution in [0.25, 0.3) is 143 Å². The molecule has 0 unspecified atom stereocenters. The van der Waals surface area contributed by atoms with Gasteiger partial charge in [0.2, 0.25) is 0 Å². The van der Waals surface area contributed by atoms with Gasteiger partial charge in [0.25, 0.3) is 0 Å². The first kappa shape index (κ1) is 91.4. The van der Waals surface area contributed by atoms with Crippen molar-refractivity contribution in [2.45, 2.75) is 62.3 Å². The molecule has 9 aromatic heterocycles. The summed E-state index contributed by atoms with van der Waals surface area (Å²) in [6, 6.07) is 86.0. The Morgan fingerprint density at radius 3 is 1.22 bits per heavy atom. The van der Waals surface area contributed by atoms with Gasteiger partial charge in [-0.05, 0) is 271 Å². The number of nitrogens with zero attached hydrogens (tertiary/aromatic N) is 10. The summed E-state index contributed by atoms with van der Waals surface area (Å²) < 4.78 is 34.8. The second-order valence-corrected chi connectivity index (χ2v) is 34.0. The summed E-state index contributed by atoms with van der Waals surface area (Å²) in [6.07, 6.45) is 13.2. The van der Waals surface area contributed by atoms with E-state index in [1.54, 1.807) is 46.9 Å². The molecule has 0 aliphatic carbocycles. The molecule has 22 rings (SSSR count). The average Bonchev–Trinajstić information content (AvgIpc) is 1.55. The fourth-order valence-electron chi connectivity index (χ4n) is 17.5. The number of rotatable bonds is 8. The number of nitrogens with one attached hydrogen (secondary N) is 1. The van der Waals surface area contributed by atoms with Crippen molar-refractivity contribution in [1.82, 2.24) is 47.5 Å². The number of ether oxygens (including phenoxy) is 4. The van der Waals surface area contributed by atoms with E-state index in [1.165, 1.54) is 87.9 Å². The van der Waals surface area contributed by atoms with Crippen LogP contribution in [-0.4, -0.2) is 106 Å². The first-order chi connectivity index (χ1) is 62.9. The Balaban J connectivity index is 0.000000119. The number of pyridine rings is 4. The maximum atomic E-state index is 10.1. The predicted molar refractivity (Wildman–Crippen MR) is 552 cm³/mol. The van der Waals surface area contributed by atoms with Gasteiger partial charge in [-0.15, -0.1) is 0 Å². The van der Waals surface area contributed by atoms with Gasteiger partial charge in [-0.3, -0.25) is 17.6 Å². The van der Waals surface area contributed by atoms with Gasteiger partial charge in [-0.1, -0.05) is 173 Å². The molecular weight excluding hydrogens is 1840 g/mol. The van der Waals surface area contributed by atoms with Crippen LogP contribution in [-0.2, 0) is 0 Å². The van der Waals surface area contributed by atoms with Crippen molar-refractivity contribution in [3.05, 3.63) is 361 Å². The number of imidazole rings is 5. The molecule has 24 heteroatoms. The van der Waals surface area contributed by atoms with E-state index in [0.717, 1.165) is 142 Å². The molecule has 0 aliphatic heterocycles. The molecule has 13 aromatic carbocycles. The number of phenolic OH excluding ortho intramolecular Hbond substituents is 1. The Morgan fingerprint density at radius 2 is 0.792 bits per heavy atom. The Labute approximate surface area is 786 Å². The molecule has 0 saturated heterocycles. The van der Waals surface area contributed by atoms with Crippen molar-refractivity contribution in [3.63, 3.8) is 0 Å². The standard InChI is InChI=1S/C25H22N2O.C24H20N2O.C16H11BrN2O.C16H12N2O.C10H10N2O.C9H13BO2.C6H4ClI.BHNS/c1-15-11-16(2)24(17(3)12-15)23-14-26-25-21-13-18(28-4)9-10-19(21)20-7-5-6-8-22(20)27(23)25;1-14-10-15(2)23(16(3)11-14)22-13-25-24-20-12-17(27)8-9-18(20)19-6-4-5-7-21(19)26(22)24;1-20-10-6-7-11-12-4-2-3-5-14(12)19-15(17)9-18-16(19)13(11)8-10;1-19-11-6-7-12-13-4-2-3-5-15(13)18-9-8-17-16(18)14(12)10-11;1-13-9-4-2-3-8(7-9)10-11-5-6-12-10;1-6-4-7(2)9(10(11)12)8(3)5-6;7-5-3-1-2-4-6(5)8;1-2-3/h5-14H,1-4H3;4-13,27H,1-3H3;2-9H,1H3;2-10H,1H3;2-7H,1H3,(H,11,12);4-5,11-12H,1-3H3;1-4H;3H. The number of aryl methyl sites for hydroxylation is 9. The molecule has 0 aliphatic rings. The molecule has 0 amide bonds. The van der Waals surface area contributed by atoms with Crippen molar-refractivity contribution < 1.29 is 34.1 Å². The van der Waals surface area contributed by atoms with Crippen LogP contribution in [0.4, 0.5) is 0 Å². The normalized spacial score (nSPS) is 10.9. The van der Waals surface area contributed by atoms with Crippen LogP contribution < -0.4 is 24.4 Å². The first-order valence-electron chi connectivity index (χ1n) is 41.8. The van der Waals surface area contributed by atoms with Gasteiger partial charge in [-0.25, -0.2) is 24.9 Å². The molecule has 0 atom stereocenters. The molecule has 647 valence electrons. The number of aromatic hydroxyl groups is 1. The minimum absolute atomic E-state index is 0.256. The minimum atomic E-state index is -1.36. The van der Waals surface area contributed by atoms with Crippen molar-refractivity contribution in [2.24, 2.45) is 4.30 Å².